The summed E-state index contributed by atoms with van der Waals surface area (Å²) in [5.41, 5.74) is -0.0875. The van der Waals surface area contributed by atoms with Crippen molar-refractivity contribution in [3.8, 4) is 0 Å². The summed E-state index contributed by atoms with van der Waals surface area (Å²) in [5, 5.41) is 0. The first-order valence-corrected chi connectivity index (χ1v) is 7.04. The standard InChI is InChI=1S/C16H20F2N2O2/c1-15(2,3)22-14(21)20-10-9-19(11-16(17,18)12-20)13-7-5-4-6-8-13/h4-10H,11-12H2,1-3H3. The minimum Gasteiger partial charge on any atom is -0.443 e. The summed E-state index contributed by atoms with van der Waals surface area (Å²) in [6.07, 6.45) is 2.03. The Bertz CT molecular complexity index is 553. The maximum absolute atomic E-state index is 14.1. The predicted octanol–water partition coefficient (Wildman–Crippen LogP) is 3.85. The highest BCUT2D eigenvalue weighted by molar-refractivity contribution is 5.70. The normalized spacial score (nSPS) is 18.0. The van der Waals surface area contributed by atoms with Gasteiger partial charge in [-0.15, -0.1) is 0 Å². The molecule has 6 heteroatoms. The largest absolute Gasteiger partial charge is 0.443 e. The second-order valence-corrected chi connectivity index (χ2v) is 6.23. The molecule has 0 spiro atoms. The summed E-state index contributed by atoms with van der Waals surface area (Å²) in [7, 11) is 0. The van der Waals surface area contributed by atoms with Crippen molar-refractivity contribution in [1.29, 1.82) is 0 Å². The quantitative estimate of drug-likeness (QED) is 0.790. The Labute approximate surface area is 129 Å². The zero-order valence-electron chi connectivity index (χ0n) is 12.9. The number of hydrogen-bond acceptors (Lipinski definition) is 3. The lowest BCUT2D eigenvalue weighted by molar-refractivity contribution is -0.0224. The molecule has 2 rings (SSSR count). The van der Waals surface area contributed by atoms with E-state index in [0.717, 1.165) is 4.90 Å². The molecule has 1 heterocycles. The number of alkyl halides is 2. The molecule has 1 amide bonds. The number of carbonyl (C=O) groups is 1. The van der Waals surface area contributed by atoms with Crippen LogP contribution in [0.4, 0.5) is 19.3 Å². The van der Waals surface area contributed by atoms with Gasteiger partial charge in [0.15, 0.2) is 0 Å². The molecule has 0 saturated carbocycles. The topological polar surface area (TPSA) is 32.8 Å². The van der Waals surface area contributed by atoms with Crippen molar-refractivity contribution < 1.29 is 18.3 Å². The summed E-state index contributed by atoms with van der Waals surface area (Å²) in [4.78, 5) is 14.3. The minimum atomic E-state index is -3.05. The van der Waals surface area contributed by atoms with Crippen molar-refractivity contribution in [2.45, 2.75) is 32.3 Å². The first kappa shape index (κ1) is 16.3. The summed E-state index contributed by atoms with van der Waals surface area (Å²) in [6, 6.07) is 8.85. The number of nitrogens with zero attached hydrogens (tertiary/aromatic N) is 2. The highest BCUT2D eigenvalue weighted by atomic mass is 19.3. The Balaban J connectivity index is 2.20. The third-order valence-corrected chi connectivity index (χ3v) is 2.95. The van der Waals surface area contributed by atoms with Gasteiger partial charge in [-0.25, -0.2) is 13.6 Å². The van der Waals surface area contributed by atoms with Crippen LogP contribution >= 0.6 is 0 Å². The monoisotopic (exact) mass is 310 g/mol. The fourth-order valence-corrected chi connectivity index (χ4v) is 2.06. The van der Waals surface area contributed by atoms with Gasteiger partial charge >= 0.3 is 6.09 Å². The Hall–Kier alpha value is -2.11. The number of benzene rings is 1. The Morgan fingerprint density at radius 2 is 1.77 bits per heavy atom. The average molecular weight is 310 g/mol. The minimum absolute atomic E-state index is 0.493. The number of anilines is 1. The maximum atomic E-state index is 14.1. The highest BCUT2D eigenvalue weighted by Crippen LogP contribution is 2.26. The van der Waals surface area contributed by atoms with Crippen molar-refractivity contribution >= 4 is 11.8 Å². The Morgan fingerprint density at radius 1 is 1.14 bits per heavy atom. The van der Waals surface area contributed by atoms with Crippen molar-refractivity contribution in [3.05, 3.63) is 42.7 Å². The summed E-state index contributed by atoms with van der Waals surface area (Å²) >= 11 is 0. The fourth-order valence-electron chi connectivity index (χ4n) is 2.06. The van der Waals surface area contributed by atoms with Gasteiger partial charge in [0.1, 0.15) is 5.60 Å². The second kappa shape index (κ2) is 5.94. The lowest BCUT2D eigenvalue weighted by atomic mass is 10.2. The molecule has 1 aromatic carbocycles. The third-order valence-electron chi connectivity index (χ3n) is 2.95. The molecular formula is C16H20F2N2O2. The number of hydrogen-bond donors (Lipinski definition) is 0. The lowest BCUT2D eigenvalue weighted by Gasteiger charge is -2.27. The molecule has 4 nitrogen and oxygen atoms in total. The van der Waals surface area contributed by atoms with Crippen molar-refractivity contribution in [3.63, 3.8) is 0 Å². The van der Waals surface area contributed by atoms with Crippen LogP contribution in [0.15, 0.2) is 42.7 Å². The molecule has 120 valence electrons. The van der Waals surface area contributed by atoms with Gasteiger partial charge in [0, 0.05) is 18.1 Å². The molecule has 0 atom stereocenters. The van der Waals surface area contributed by atoms with Gasteiger partial charge in [0.25, 0.3) is 5.92 Å². The van der Waals surface area contributed by atoms with Crippen LogP contribution in [-0.4, -0.2) is 35.6 Å². The third kappa shape index (κ3) is 4.44. The molecule has 0 saturated heterocycles. The fraction of sp³-hybridized carbons (Fsp3) is 0.438. The first-order valence-electron chi connectivity index (χ1n) is 7.04. The predicted molar refractivity (Wildman–Crippen MR) is 80.8 cm³/mol. The number of para-hydroxylation sites is 1. The highest BCUT2D eigenvalue weighted by Gasteiger charge is 2.38. The molecule has 0 bridgehead atoms. The molecule has 0 fully saturated rings. The van der Waals surface area contributed by atoms with E-state index in [4.69, 9.17) is 4.74 Å². The molecule has 1 aliphatic heterocycles. The van der Waals surface area contributed by atoms with Gasteiger partial charge in [-0.05, 0) is 32.9 Å². The summed E-state index contributed by atoms with van der Waals surface area (Å²) in [5.74, 6) is -3.05. The van der Waals surface area contributed by atoms with E-state index in [1.54, 1.807) is 45.0 Å². The number of amides is 1. The van der Waals surface area contributed by atoms with Gasteiger partial charge in [-0.3, -0.25) is 4.90 Å². The van der Waals surface area contributed by atoms with Crippen LogP contribution < -0.4 is 4.90 Å². The SMILES string of the molecule is CC(C)(C)OC(=O)N1C=CN(c2ccccc2)CC(F)(F)C1. The second-order valence-electron chi connectivity index (χ2n) is 6.23. The molecular weight excluding hydrogens is 290 g/mol. The van der Waals surface area contributed by atoms with Crippen LogP contribution in [0.5, 0.6) is 0 Å². The summed E-state index contributed by atoms with van der Waals surface area (Å²) < 4.78 is 33.4. The van der Waals surface area contributed by atoms with E-state index in [2.05, 4.69) is 0 Å². The molecule has 0 aromatic heterocycles. The molecule has 0 N–H and O–H groups in total. The van der Waals surface area contributed by atoms with Crippen LogP contribution in [0.3, 0.4) is 0 Å². The van der Waals surface area contributed by atoms with E-state index in [9.17, 15) is 13.6 Å². The molecule has 0 aliphatic carbocycles. The number of carbonyl (C=O) groups excluding carboxylic acids is 1. The van der Waals surface area contributed by atoms with E-state index in [-0.39, 0.29) is 0 Å². The van der Waals surface area contributed by atoms with Gasteiger partial charge < -0.3 is 9.64 Å². The van der Waals surface area contributed by atoms with Crippen LogP contribution in [0, 0.1) is 0 Å². The van der Waals surface area contributed by atoms with Gasteiger partial charge in [-0.1, -0.05) is 18.2 Å². The zero-order valence-corrected chi connectivity index (χ0v) is 12.9. The maximum Gasteiger partial charge on any atom is 0.414 e. The number of ether oxygens (including phenoxy) is 1. The van der Waals surface area contributed by atoms with Crippen LogP contribution in [0.1, 0.15) is 20.8 Å². The van der Waals surface area contributed by atoms with E-state index in [1.807, 2.05) is 6.07 Å². The first-order chi connectivity index (χ1) is 10.2. The van der Waals surface area contributed by atoms with Gasteiger partial charge in [0.2, 0.25) is 0 Å². The van der Waals surface area contributed by atoms with Gasteiger partial charge in [0.05, 0.1) is 13.1 Å². The van der Waals surface area contributed by atoms with Crippen LogP contribution in [0.2, 0.25) is 0 Å². The zero-order chi connectivity index (χ0) is 16.4. The van der Waals surface area contributed by atoms with Crippen molar-refractivity contribution in [2.24, 2.45) is 0 Å². The number of rotatable bonds is 1. The van der Waals surface area contributed by atoms with Gasteiger partial charge in [-0.2, -0.15) is 0 Å². The van der Waals surface area contributed by atoms with Crippen molar-refractivity contribution in [1.82, 2.24) is 4.90 Å². The smallest absolute Gasteiger partial charge is 0.414 e. The van der Waals surface area contributed by atoms with Crippen LogP contribution in [0.25, 0.3) is 0 Å². The molecule has 1 aliphatic rings. The van der Waals surface area contributed by atoms with Crippen molar-refractivity contribution in [2.75, 3.05) is 18.0 Å². The molecule has 22 heavy (non-hydrogen) atoms. The van der Waals surface area contributed by atoms with E-state index in [0.29, 0.717) is 5.69 Å². The molecule has 1 aromatic rings. The van der Waals surface area contributed by atoms with E-state index < -0.39 is 30.7 Å². The van der Waals surface area contributed by atoms with Crippen LogP contribution in [-0.2, 0) is 4.74 Å². The van der Waals surface area contributed by atoms with E-state index in [1.165, 1.54) is 17.3 Å². The lowest BCUT2D eigenvalue weighted by Crippen LogP contribution is -2.43. The molecule has 0 radical (unpaired) electrons. The van der Waals surface area contributed by atoms with E-state index >= 15 is 0 Å². The Morgan fingerprint density at radius 3 is 2.36 bits per heavy atom. The molecule has 0 unspecified atom stereocenters. The average Bonchev–Trinajstić information content (AvgIpc) is 2.56. The summed E-state index contributed by atoms with van der Waals surface area (Å²) in [6.45, 7) is 3.89. The number of halogens is 2. The Kier molecular flexibility index (Phi) is 4.39.